The average Bonchev–Trinajstić information content (AvgIpc) is 3.20. The molecule has 1 aliphatic carbocycles. The molecule has 1 unspecified atom stereocenters. The van der Waals surface area contributed by atoms with Crippen LogP contribution in [0.3, 0.4) is 0 Å². The van der Waals surface area contributed by atoms with Gasteiger partial charge in [0.05, 0.1) is 6.54 Å². The monoisotopic (exact) mass is 429 g/mol. The predicted molar refractivity (Wildman–Crippen MR) is 118 cm³/mol. The van der Waals surface area contributed by atoms with Gasteiger partial charge in [-0.25, -0.2) is 4.79 Å². The third-order valence-corrected chi connectivity index (χ3v) is 5.85. The number of imidazole rings is 1. The predicted octanol–water partition coefficient (Wildman–Crippen LogP) is 2.80. The molecule has 0 amide bonds. The van der Waals surface area contributed by atoms with Gasteiger partial charge in [0, 0.05) is 36.3 Å². The molecule has 1 saturated carbocycles. The van der Waals surface area contributed by atoms with E-state index < -0.39 is 0 Å². The molecule has 0 spiro atoms. The van der Waals surface area contributed by atoms with Gasteiger partial charge in [0.1, 0.15) is 6.04 Å². The van der Waals surface area contributed by atoms with E-state index in [-0.39, 0.29) is 17.5 Å². The number of aryl methyl sites for hydroxylation is 1. The highest BCUT2D eigenvalue weighted by molar-refractivity contribution is 5.97. The van der Waals surface area contributed by atoms with Crippen molar-refractivity contribution >= 4 is 5.78 Å². The second-order valence-electron chi connectivity index (χ2n) is 8.00. The van der Waals surface area contributed by atoms with E-state index in [1.54, 1.807) is 21.5 Å². The molecule has 0 radical (unpaired) electrons. The van der Waals surface area contributed by atoms with Crippen molar-refractivity contribution in [3.63, 3.8) is 0 Å². The van der Waals surface area contributed by atoms with Gasteiger partial charge in [0.15, 0.2) is 5.78 Å². The second-order valence-corrected chi connectivity index (χ2v) is 8.00. The van der Waals surface area contributed by atoms with Gasteiger partial charge in [0.2, 0.25) is 5.82 Å². The molecule has 1 atom stereocenters. The molecular weight excluding hydrogens is 406 g/mol. The van der Waals surface area contributed by atoms with E-state index >= 15 is 0 Å². The fraction of sp³-hybridized carbons (Fsp3) is 0.304. The lowest BCUT2D eigenvalue weighted by Gasteiger charge is -2.13. The number of tetrazole rings is 1. The number of carbonyl (C=O) groups excluding carboxylic acids is 1. The number of Topliss-reactive ketones (excluding diaryl/α,β-unsaturated/α-hetero) is 1. The molecule has 0 saturated heterocycles. The van der Waals surface area contributed by atoms with Gasteiger partial charge >= 0.3 is 5.69 Å². The quantitative estimate of drug-likeness (QED) is 0.461. The largest absolute Gasteiger partial charge is 0.329 e. The number of rotatable bonds is 8. The number of unbranched alkanes of at least 4 members (excludes halogenated alkanes) is 1. The van der Waals surface area contributed by atoms with Gasteiger partial charge in [-0.2, -0.15) is 5.21 Å². The molecule has 3 aromatic heterocycles. The van der Waals surface area contributed by atoms with E-state index in [1.807, 2.05) is 36.5 Å². The Labute approximate surface area is 184 Å². The van der Waals surface area contributed by atoms with Crippen molar-refractivity contribution in [2.45, 2.75) is 45.2 Å². The molecule has 162 valence electrons. The minimum Gasteiger partial charge on any atom is -0.297 e. The number of aromatic nitrogens is 7. The number of benzene rings is 1. The van der Waals surface area contributed by atoms with Crippen molar-refractivity contribution in [3.05, 3.63) is 70.7 Å². The zero-order chi connectivity index (χ0) is 22.1. The maximum atomic E-state index is 13.2. The van der Waals surface area contributed by atoms with Crippen LogP contribution in [0.2, 0.25) is 0 Å². The van der Waals surface area contributed by atoms with E-state index in [0.717, 1.165) is 47.2 Å². The first-order chi connectivity index (χ1) is 15.7. The number of nitrogens with zero attached hydrogens (tertiary/aromatic N) is 6. The van der Waals surface area contributed by atoms with Gasteiger partial charge in [-0.05, 0) is 40.8 Å². The lowest BCUT2D eigenvalue weighted by atomic mass is 9.96. The summed E-state index contributed by atoms with van der Waals surface area (Å²) in [7, 11) is 0. The SMILES string of the molecule is CCCCc1cn(C2CC2=O)c(=O)n1Cc1cnccc1-c1ccccc1-c1nn[nH]n1. The van der Waals surface area contributed by atoms with Crippen LogP contribution in [0.25, 0.3) is 22.5 Å². The van der Waals surface area contributed by atoms with Crippen LogP contribution in [0.15, 0.2) is 53.7 Å². The van der Waals surface area contributed by atoms with E-state index in [1.165, 1.54) is 0 Å². The first-order valence-electron chi connectivity index (χ1n) is 10.8. The normalized spacial score (nSPS) is 15.3. The molecule has 5 rings (SSSR count). The Hall–Kier alpha value is -3.88. The smallest absolute Gasteiger partial charge is 0.297 e. The number of aromatic amines is 1. The molecule has 32 heavy (non-hydrogen) atoms. The number of H-pyrrole nitrogens is 1. The Bertz CT molecular complexity index is 1320. The van der Waals surface area contributed by atoms with Crippen molar-refractivity contribution in [1.82, 2.24) is 34.7 Å². The van der Waals surface area contributed by atoms with Crippen molar-refractivity contribution in [1.29, 1.82) is 0 Å². The van der Waals surface area contributed by atoms with Crippen LogP contribution < -0.4 is 5.69 Å². The van der Waals surface area contributed by atoms with E-state index in [9.17, 15) is 9.59 Å². The first kappa shape index (κ1) is 20.0. The summed E-state index contributed by atoms with van der Waals surface area (Å²) in [6.07, 6.45) is 8.61. The third-order valence-electron chi connectivity index (χ3n) is 5.85. The van der Waals surface area contributed by atoms with Crippen LogP contribution in [0, 0.1) is 0 Å². The Balaban J connectivity index is 1.58. The summed E-state index contributed by atoms with van der Waals surface area (Å²) < 4.78 is 3.37. The summed E-state index contributed by atoms with van der Waals surface area (Å²) in [4.78, 5) is 29.3. The maximum Gasteiger partial charge on any atom is 0.329 e. The summed E-state index contributed by atoms with van der Waals surface area (Å²) >= 11 is 0. The topological polar surface area (TPSA) is 111 Å². The third kappa shape index (κ3) is 3.66. The van der Waals surface area contributed by atoms with Crippen LogP contribution in [0.4, 0.5) is 0 Å². The number of nitrogens with one attached hydrogen (secondary N) is 1. The molecule has 1 aliphatic rings. The highest BCUT2D eigenvalue weighted by Gasteiger charge is 2.38. The molecule has 0 aliphatic heterocycles. The van der Waals surface area contributed by atoms with Gasteiger partial charge in [-0.15, -0.1) is 10.2 Å². The summed E-state index contributed by atoms with van der Waals surface area (Å²) in [5, 5.41) is 14.4. The van der Waals surface area contributed by atoms with Crippen LogP contribution in [0.5, 0.6) is 0 Å². The standard InChI is InChI=1S/C23H23N7O2/c1-2-3-6-16-14-30(20-11-21(20)31)23(32)29(16)13-15-12-24-10-9-17(15)18-7-4-5-8-19(18)22-25-27-28-26-22/h4-5,7-10,12,14,20H,2-3,6,11,13H2,1H3,(H,25,26,27,28). The Morgan fingerprint density at radius 3 is 2.66 bits per heavy atom. The minimum absolute atomic E-state index is 0.113. The van der Waals surface area contributed by atoms with Crippen LogP contribution >= 0.6 is 0 Å². The number of hydrogen-bond donors (Lipinski definition) is 1. The van der Waals surface area contributed by atoms with Gasteiger partial charge in [-0.1, -0.05) is 37.6 Å². The van der Waals surface area contributed by atoms with Crippen LogP contribution in [-0.4, -0.2) is 40.5 Å². The van der Waals surface area contributed by atoms with Crippen molar-refractivity contribution in [3.8, 4) is 22.5 Å². The first-order valence-corrected chi connectivity index (χ1v) is 10.8. The lowest BCUT2D eigenvalue weighted by Crippen LogP contribution is -2.25. The molecule has 1 aromatic carbocycles. The highest BCUT2D eigenvalue weighted by Crippen LogP contribution is 2.33. The number of hydrogen-bond acceptors (Lipinski definition) is 6. The van der Waals surface area contributed by atoms with Crippen LogP contribution in [-0.2, 0) is 17.8 Å². The Morgan fingerprint density at radius 2 is 1.94 bits per heavy atom. The van der Waals surface area contributed by atoms with Gasteiger partial charge < -0.3 is 0 Å². The summed E-state index contributed by atoms with van der Waals surface area (Å²) in [5.41, 5.74) is 4.43. The minimum atomic E-state index is -0.309. The molecule has 9 heteroatoms. The molecule has 1 fully saturated rings. The molecular formula is C23H23N7O2. The zero-order valence-corrected chi connectivity index (χ0v) is 17.7. The molecule has 3 heterocycles. The number of ketones is 1. The van der Waals surface area contributed by atoms with Crippen LogP contribution in [0.1, 0.15) is 43.5 Å². The fourth-order valence-electron chi connectivity index (χ4n) is 4.06. The van der Waals surface area contributed by atoms with Crippen molar-refractivity contribution in [2.75, 3.05) is 0 Å². The fourth-order valence-corrected chi connectivity index (χ4v) is 4.06. The summed E-state index contributed by atoms with van der Waals surface area (Å²) in [6.45, 7) is 2.49. The van der Waals surface area contributed by atoms with E-state index in [0.29, 0.717) is 18.8 Å². The lowest BCUT2D eigenvalue weighted by molar-refractivity contribution is -0.110. The summed E-state index contributed by atoms with van der Waals surface area (Å²) in [5.74, 6) is 0.616. The van der Waals surface area contributed by atoms with Crippen molar-refractivity contribution in [2.24, 2.45) is 0 Å². The summed E-state index contributed by atoms with van der Waals surface area (Å²) in [6, 6.07) is 9.45. The number of carbonyl (C=O) groups is 1. The van der Waals surface area contributed by atoms with E-state index in [2.05, 4.69) is 32.5 Å². The molecule has 4 aromatic rings. The van der Waals surface area contributed by atoms with Gasteiger partial charge in [0.25, 0.3) is 0 Å². The van der Waals surface area contributed by atoms with Gasteiger partial charge in [-0.3, -0.25) is 18.9 Å². The Kier molecular flexibility index (Phi) is 5.22. The molecule has 1 N–H and O–H groups in total. The highest BCUT2D eigenvalue weighted by atomic mass is 16.2. The molecule has 9 nitrogen and oxygen atoms in total. The number of pyridine rings is 1. The maximum absolute atomic E-state index is 13.2. The molecule has 0 bridgehead atoms. The zero-order valence-electron chi connectivity index (χ0n) is 17.7. The Morgan fingerprint density at radius 1 is 1.12 bits per heavy atom. The van der Waals surface area contributed by atoms with E-state index in [4.69, 9.17) is 0 Å². The average molecular weight is 429 g/mol. The van der Waals surface area contributed by atoms with Crippen molar-refractivity contribution < 1.29 is 4.79 Å². The second kappa shape index (κ2) is 8.33.